The number of amides is 2. The smallest absolute Gasteiger partial charge is 0.249 e. The molecule has 2 heterocycles. The molecule has 1 atom stereocenters. The number of nitrogens with one attached hydrogen (secondary N) is 1. The van der Waals surface area contributed by atoms with Crippen molar-refractivity contribution in [2.75, 3.05) is 11.4 Å². The molecule has 2 aromatic rings. The van der Waals surface area contributed by atoms with Crippen molar-refractivity contribution in [3.63, 3.8) is 0 Å². The van der Waals surface area contributed by atoms with Gasteiger partial charge in [0.15, 0.2) is 5.78 Å². The summed E-state index contributed by atoms with van der Waals surface area (Å²) in [6.45, 7) is 0.502. The van der Waals surface area contributed by atoms with E-state index in [1.54, 1.807) is 35.2 Å². The number of carbonyl (C=O) groups is 3. The van der Waals surface area contributed by atoms with Crippen molar-refractivity contribution < 1.29 is 14.4 Å². The van der Waals surface area contributed by atoms with Gasteiger partial charge in [-0.05, 0) is 30.0 Å². The summed E-state index contributed by atoms with van der Waals surface area (Å²) in [5.74, 6) is -0.518. The number of hydrogen-bond donors (Lipinski definition) is 1. The highest BCUT2D eigenvalue weighted by atomic mass is 35.5. The van der Waals surface area contributed by atoms with Gasteiger partial charge in [-0.2, -0.15) is 0 Å². The van der Waals surface area contributed by atoms with Crippen molar-refractivity contribution in [1.29, 1.82) is 0 Å². The molecule has 130 valence electrons. The van der Waals surface area contributed by atoms with Gasteiger partial charge in [0.1, 0.15) is 6.04 Å². The van der Waals surface area contributed by atoms with Crippen molar-refractivity contribution in [1.82, 2.24) is 5.32 Å². The number of Topliss-reactive ketones (excluding diaryl/α,β-unsaturated/α-hetero) is 1. The summed E-state index contributed by atoms with van der Waals surface area (Å²) in [6, 6.07) is 10.1. The molecule has 0 bridgehead atoms. The Bertz CT molecular complexity index is 791. The topological polar surface area (TPSA) is 66.5 Å². The van der Waals surface area contributed by atoms with Gasteiger partial charge in [0, 0.05) is 19.4 Å². The molecule has 1 aliphatic heterocycles. The fraction of sp³-hybridized carbons (Fsp3) is 0.278. The van der Waals surface area contributed by atoms with Crippen molar-refractivity contribution in [2.45, 2.75) is 25.3 Å². The molecule has 0 radical (unpaired) electrons. The molecule has 1 unspecified atom stereocenters. The highest BCUT2D eigenvalue weighted by molar-refractivity contribution is 7.12. The van der Waals surface area contributed by atoms with Crippen LogP contribution in [-0.2, 0) is 9.59 Å². The molecule has 0 spiro atoms. The second-order valence-corrected chi connectivity index (χ2v) is 7.11. The SMILES string of the molecule is O=C(CCC(=O)c1cccs1)NC1CCN(c2ccccc2Cl)C1=O. The Morgan fingerprint density at radius 1 is 1.20 bits per heavy atom. The predicted octanol–water partition coefficient (Wildman–Crippen LogP) is 3.29. The molecular formula is C18H17ClN2O3S. The normalized spacial score (nSPS) is 16.9. The number of anilines is 1. The van der Waals surface area contributed by atoms with E-state index in [0.29, 0.717) is 28.6 Å². The highest BCUT2D eigenvalue weighted by Gasteiger charge is 2.34. The molecule has 1 N–H and O–H groups in total. The van der Waals surface area contributed by atoms with Gasteiger partial charge < -0.3 is 10.2 Å². The first kappa shape index (κ1) is 17.6. The number of para-hydroxylation sites is 1. The molecule has 3 rings (SSSR count). The Morgan fingerprint density at radius 2 is 2.00 bits per heavy atom. The molecule has 1 aromatic carbocycles. The maximum absolute atomic E-state index is 12.5. The number of rotatable bonds is 6. The zero-order valence-corrected chi connectivity index (χ0v) is 15.0. The fourth-order valence-corrected chi connectivity index (χ4v) is 3.71. The maximum atomic E-state index is 12.5. The average Bonchev–Trinajstić information content (AvgIpc) is 3.25. The third-order valence-electron chi connectivity index (χ3n) is 4.06. The van der Waals surface area contributed by atoms with E-state index in [0.717, 1.165) is 0 Å². The van der Waals surface area contributed by atoms with Crippen LogP contribution < -0.4 is 10.2 Å². The molecule has 5 nitrogen and oxygen atoms in total. The van der Waals surface area contributed by atoms with Crippen molar-refractivity contribution in [3.8, 4) is 0 Å². The first-order chi connectivity index (χ1) is 12.1. The van der Waals surface area contributed by atoms with Crippen LogP contribution in [0.4, 0.5) is 5.69 Å². The van der Waals surface area contributed by atoms with Gasteiger partial charge in [-0.15, -0.1) is 11.3 Å². The lowest BCUT2D eigenvalue weighted by molar-refractivity contribution is -0.126. The van der Waals surface area contributed by atoms with Crippen LogP contribution in [-0.4, -0.2) is 30.2 Å². The van der Waals surface area contributed by atoms with Gasteiger partial charge in [0.2, 0.25) is 11.8 Å². The number of hydrogen-bond acceptors (Lipinski definition) is 4. The number of ketones is 1. The zero-order valence-electron chi connectivity index (χ0n) is 13.4. The summed E-state index contributed by atoms with van der Waals surface area (Å²) in [5.41, 5.74) is 0.652. The third kappa shape index (κ3) is 4.08. The second kappa shape index (κ2) is 7.80. The van der Waals surface area contributed by atoms with E-state index < -0.39 is 6.04 Å². The lowest BCUT2D eigenvalue weighted by Gasteiger charge is -2.18. The number of thiophene rings is 1. The van der Waals surface area contributed by atoms with E-state index in [1.807, 2.05) is 11.4 Å². The Morgan fingerprint density at radius 3 is 2.72 bits per heavy atom. The quantitative estimate of drug-likeness (QED) is 0.787. The monoisotopic (exact) mass is 376 g/mol. The van der Waals surface area contributed by atoms with Crippen LogP contribution in [0, 0.1) is 0 Å². The van der Waals surface area contributed by atoms with Gasteiger partial charge in [-0.3, -0.25) is 14.4 Å². The molecule has 7 heteroatoms. The molecule has 1 aliphatic rings. The van der Waals surface area contributed by atoms with E-state index >= 15 is 0 Å². The van der Waals surface area contributed by atoms with E-state index in [4.69, 9.17) is 11.6 Å². The molecular weight excluding hydrogens is 360 g/mol. The third-order valence-corrected chi connectivity index (χ3v) is 5.29. The van der Waals surface area contributed by atoms with Gasteiger partial charge in [0.05, 0.1) is 15.6 Å². The van der Waals surface area contributed by atoms with Gasteiger partial charge in [-0.1, -0.05) is 29.8 Å². The summed E-state index contributed by atoms with van der Waals surface area (Å²) in [4.78, 5) is 38.7. The first-order valence-corrected chi connectivity index (χ1v) is 9.24. The van der Waals surface area contributed by atoms with Crippen LogP contribution in [0.3, 0.4) is 0 Å². The molecule has 1 fully saturated rings. The Hall–Kier alpha value is -2.18. The number of nitrogens with zero attached hydrogens (tertiary/aromatic N) is 1. The first-order valence-electron chi connectivity index (χ1n) is 7.98. The largest absolute Gasteiger partial charge is 0.344 e. The molecule has 0 saturated carbocycles. The summed E-state index contributed by atoms with van der Waals surface area (Å²) < 4.78 is 0. The zero-order chi connectivity index (χ0) is 17.8. The van der Waals surface area contributed by atoms with Crippen molar-refractivity contribution in [2.24, 2.45) is 0 Å². The minimum absolute atomic E-state index is 0.0550. The van der Waals surface area contributed by atoms with E-state index in [-0.39, 0.29) is 30.4 Å². The van der Waals surface area contributed by atoms with Gasteiger partial charge in [0.25, 0.3) is 0 Å². The molecule has 25 heavy (non-hydrogen) atoms. The Kier molecular flexibility index (Phi) is 5.50. The van der Waals surface area contributed by atoms with Gasteiger partial charge >= 0.3 is 0 Å². The lowest BCUT2D eigenvalue weighted by atomic mass is 10.1. The highest BCUT2D eigenvalue weighted by Crippen LogP contribution is 2.29. The van der Waals surface area contributed by atoms with Crippen LogP contribution in [0.2, 0.25) is 5.02 Å². The molecule has 1 aromatic heterocycles. The fourth-order valence-electron chi connectivity index (χ4n) is 2.78. The predicted molar refractivity (Wildman–Crippen MR) is 98.2 cm³/mol. The van der Waals surface area contributed by atoms with Crippen LogP contribution >= 0.6 is 22.9 Å². The van der Waals surface area contributed by atoms with Crippen LogP contribution in [0.1, 0.15) is 28.9 Å². The average molecular weight is 377 g/mol. The van der Waals surface area contributed by atoms with Crippen LogP contribution in [0.15, 0.2) is 41.8 Å². The van der Waals surface area contributed by atoms with E-state index in [1.165, 1.54) is 11.3 Å². The minimum Gasteiger partial charge on any atom is -0.344 e. The maximum Gasteiger partial charge on any atom is 0.249 e. The van der Waals surface area contributed by atoms with Crippen molar-refractivity contribution in [3.05, 3.63) is 51.7 Å². The molecule has 1 saturated heterocycles. The van der Waals surface area contributed by atoms with Crippen molar-refractivity contribution >= 4 is 46.2 Å². The number of halogens is 1. The van der Waals surface area contributed by atoms with E-state index in [9.17, 15) is 14.4 Å². The van der Waals surface area contributed by atoms with Crippen LogP contribution in [0.5, 0.6) is 0 Å². The lowest BCUT2D eigenvalue weighted by Crippen LogP contribution is -2.41. The Balaban J connectivity index is 1.53. The minimum atomic E-state index is -0.569. The summed E-state index contributed by atoms with van der Waals surface area (Å²) in [7, 11) is 0. The standard InChI is InChI=1S/C18H17ClN2O3S/c19-12-4-1-2-5-14(12)21-10-9-13(18(21)24)20-17(23)8-7-15(22)16-6-3-11-25-16/h1-6,11,13H,7-10H2,(H,20,23). The second-order valence-electron chi connectivity index (χ2n) is 5.75. The summed E-state index contributed by atoms with van der Waals surface area (Å²) in [6.07, 6.45) is 0.739. The summed E-state index contributed by atoms with van der Waals surface area (Å²) in [5, 5.41) is 5.06. The van der Waals surface area contributed by atoms with Crippen LogP contribution in [0.25, 0.3) is 0 Å². The number of carbonyl (C=O) groups excluding carboxylic acids is 3. The molecule has 2 amide bonds. The Labute approximate surface area is 154 Å². The van der Waals surface area contributed by atoms with E-state index in [2.05, 4.69) is 5.32 Å². The summed E-state index contributed by atoms with van der Waals surface area (Å²) >= 11 is 7.50. The van der Waals surface area contributed by atoms with Gasteiger partial charge in [-0.25, -0.2) is 0 Å². The number of benzene rings is 1. The molecule has 0 aliphatic carbocycles.